The standard InChI is InChI=1S/C14H22N2O2/c1-11(2)18-13-8-6-5-7-12(13)9-15-10-14(17)16(3)4/h5-8,11,15H,9-10H2,1-4H3. The van der Waals surface area contributed by atoms with Gasteiger partial charge in [0, 0.05) is 26.2 Å². The molecule has 0 saturated carbocycles. The topological polar surface area (TPSA) is 41.6 Å². The van der Waals surface area contributed by atoms with Gasteiger partial charge in [0.15, 0.2) is 0 Å². The second-order valence-electron chi connectivity index (χ2n) is 4.67. The first-order chi connectivity index (χ1) is 8.50. The molecule has 1 aromatic carbocycles. The van der Waals surface area contributed by atoms with Crippen molar-refractivity contribution in [1.29, 1.82) is 0 Å². The van der Waals surface area contributed by atoms with E-state index in [4.69, 9.17) is 4.74 Å². The molecule has 0 heterocycles. The van der Waals surface area contributed by atoms with E-state index >= 15 is 0 Å². The first-order valence-electron chi connectivity index (χ1n) is 6.16. The Hall–Kier alpha value is -1.55. The van der Waals surface area contributed by atoms with Crippen molar-refractivity contribution < 1.29 is 9.53 Å². The zero-order valence-corrected chi connectivity index (χ0v) is 11.6. The van der Waals surface area contributed by atoms with Crippen molar-refractivity contribution >= 4 is 5.91 Å². The second kappa shape index (κ2) is 7.01. The van der Waals surface area contributed by atoms with E-state index < -0.39 is 0 Å². The van der Waals surface area contributed by atoms with E-state index in [1.54, 1.807) is 19.0 Å². The maximum atomic E-state index is 11.4. The number of nitrogens with zero attached hydrogens (tertiary/aromatic N) is 1. The average Bonchev–Trinajstić information content (AvgIpc) is 2.30. The molecule has 0 aliphatic carbocycles. The minimum atomic E-state index is 0.0669. The highest BCUT2D eigenvalue weighted by Crippen LogP contribution is 2.18. The van der Waals surface area contributed by atoms with Crippen LogP contribution in [0.1, 0.15) is 19.4 Å². The predicted octanol–water partition coefficient (Wildman–Crippen LogP) is 1.65. The van der Waals surface area contributed by atoms with Gasteiger partial charge in [0.25, 0.3) is 0 Å². The zero-order valence-electron chi connectivity index (χ0n) is 11.6. The maximum absolute atomic E-state index is 11.4. The number of carbonyl (C=O) groups is 1. The molecule has 1 aromatic rings. The third-order valence-electron chi connectivity index (χ3n) is 2.43. The number of para-hydroxylation sites is 1. The summed E-state index contributed by atoms with van der Waals surface area (Å²) in [6.07, 6.45) is 0.148. The Balaban J connectivity index is 2.54. The summed E-state index contributed by atoms with van der Waals surface area (Å²) < 4.78 is 5.71. The Morgan fingerprint density at radius 1 is 1.33 bits per heavy atom. The summed E-state index contributed by atoms with van der Waals surface area (Å²) in [6.45, 7) is 4.96. The summed E-state index contributed by atoms with van der Waals surface area (Å²) in [5, 5.41) is 3.13. The molecule has 1 amide bonds. The Morgan fingerprint density at radius 3 is 2.61 bits per heavy atom. The van der Waals surface area contributed by atoms with Gasteiger partial charge in [-0.25, -0.2) is 0 Å². The summed E-state index contributed by atoms with van der Waals surface area (Å²) in [5.41, 5.74) is 1.07. The SMILES string of the molecule is CC(C)Oc1ccccc1CNCC(=O)N(C)C. The van der Waals surface area contributed by atoms with Gasteiger partial charge in [-0.1, -0.05) is 18.2 Å². The van der Waals surface area contributed by atoms with Crippen LogP contribution in [-0.2, 0) is 11.3 Å². The van der Waals surface area contributed by atoms with Crippen LogP contribution in [0.4, 0.5) is 0 Å². The number of ether oxygens (including phenoxy) is 1. The monoisotopic (exact) mass is 250 g/mol. The quantitative estimate of drug-likeness (QED) is 0.834. The van der Waals surface area contributed by atoms with Crippen molar-refractivity contribution in [1.82, 2.24) is 10.2 Å². The zero-order chi connectivity index (χ0) is 13.5. The fourth-order valence-electron chi connectivity index (χ4n) is 1.48. The lowest BCUT2D eigenvalue weighted by Crippen LogP contribution is -2.32. The molecule has 1 N–H and O–H groups in total. The third-order valence-corrected chi connectivity index (χ3v) is 2.43. The van der Waals surface area contributed by atoms with Crippen LogP contribution in [0.15, 0.2) is 24.3 Å². The summed E-state index contributed by atoms with van der Waals surface area (Å²) in [5.74, 6) is 0.939. The molecule has 0 spiro atoms. The number of benzene rings is 1. The number of carbonyl (C=O) groups excluding carboxylic acids is 1. The van der Waals surface area contributed by atoms with Gasteiger partial charge in [-0.05, 0) is 19.9 Å². The summed E-state index contributed by atoms with van der Waals surface area (Å²) in [7, 11) is 3.50. The molecule has 0 unspecified atom stereocenters. The first kappa shape index (κ1) is 14.5. The smallest absolute Gasteiger partial charge is 0.236 e. The molecule has 0 saturated heterocycles. The number of amides is 1. The van der Waals surface area contributed by atoms with Crippen LogP contribution in [0.5, 0.6) is 5.75 Å². The van der Waals surface area contributed by atoms with Gasteiger partial charge in [0.05, 0.1) is 12.6 Å². The minimum Gasteiger partial charge on any atom is -0.491 e. The van der Waals surface area contributed by atoms with E-state index in [-0.39, 0.29) is 12.0 Å². The molecule has 0 radical (unpaired) electrons. The van der Waals surface area contributed by atoms with Crippen molar-refractivity contribution in [2.75, 3.05) is 20.6 Å². The van der Waals surface area contributed by atoms with Crippen molar-refractivity contribution in [3.63, 3.8) is 0 Å². The highest BCUT2D eigenvalue weighted by Gasteiger charge is 2.06. The van der Waals surface area contributed by atoms with Gasteiger partial charge >= 0.3 is 0 Å². The highest BCUT2D eigenvalue weighted by molar-refractivity contribution is 5.77. The Labute approximate surface area is 109 Å². The van der Waals surface area contributed by atoms with E-state index in [0.717, 1.165) is 11.3 Å². The molecule has 0 aliphatic heterocycles. The summed E-state index contributed by atoms with van der Waals surface area (Å²) in [4.78, 5) is 13.0. The highest BCUT2D eigenvalue weighted by atomic mass is 16.5. The predicted molar refractivity (Wildman–Crippen MR) is 72.6 cm³/mol. The lowest BCUT2D eigenvalue weighted by Gasteiger charge is -2.15. The van der Waals surface area contributed by atoms with Crippen LogP contribution in [0.2, 0.25) is 0 Å². The first-order valence-corrected chi connectivity index (χ1v) is 6.16. The van der Waals surface area contributed by atoms with Gasteiger partial charge in [-0.2, -0.15) is 0 Å². The van der Waals surface area contributed by atoms with Gasteiger partial charge in [-0.15, -0.1) is 0 Å². The van der Waals surface area contributed by atoms with Crippen molar-refractivity contribution in [3.8, 4) is 5.75 Å². The maximum Gasteiger partial charge on any atom is 0.236 e. The third kappa shape index (κ3) is 4.75. The Bertz CT molecular complexity index is 389. The van der Waals surface area contributed by atoms with Crippen LogP contribution < -0.4 is 10.1 Å². The molecule has 4 nitrogen and oxygen atoms in total. The molecule has 0 aromatic heterocycles. The molecular formula is C14H22N2O2. The number of likely N-dealkylation sites (N-methyl/N-ethyl adjacent to an activating group) is 1. The number of rotatable bonds is 6. The van der Waals surface area contributed by atoms with E-state index in [0.29, 0.717) is 13.1 Å². The summed E-state index contributed by atoms with van der Waals surface area (Å²) >= 11 is 0. The van der Waals surface area contributed by atoms with E-state index in [2.05, 4.69) is 5.32 Å². The van der Waals surface area contributed by atoms with Crippen LogP contribution in [-0.4, -0.2) is 37.6 Å². The molecule has 18 heavy (non-hydrogen) atoms. The molecule has 4 heteroatoms. The molecule has 0 fully saturated rings. The van der Waals surface area contributed by atoms with Crippen LogP contribution in [0, 0.1) is 0 Å². The molecule has 1 rings (SSSR count). The van der Waals surface area contributed by atoms with Crippen LogP contribution in [0.3, 0.4) is 0 Å². The van der Waals surface area contributed by atoms with Gasteiger partial charge in [0.2, 0.25) is 5.91 Å². The average molecular weight is 250 g/mol. The molecular weight excluding hydrogens is 228 g/mol. The summed E-state index contributed by atoms with van der Waals surface area (Å²) in [6, 6.07) is 7.87. The Morgan fingerprint density at radius 2 is 2.00 bits per heavy atom. The van der Waals surface area contributed by atoms with E-state index in [1.165, 1.54) is 0 Å². The molecule has 100 valence electrons. The lowest BCUT2D eigenvalue weighted by atomic mass is 10.2. The van der Waals surface area contributed by atoms with Crippen LogP contribution >= 0.6 is 0 Å². The van der Waals surface area contributed by atoms with E-state index in [9.17, 15) is 4.79 Å². The van der Waals surface area contributed by atoms with Crippen molar-refractivity contribution in [3.05, 3.63) is 29.8 Å². The normalized spacial score (nSPS) is 10.5. The molecule has 0 bridgehead atoms. The van der Waals surface area contributed by atoms with Gasteiger partial charge < -0.3 is 15.0 Å². The molecule has 0 aliphatic rings. The van der Waals surface area contributed by atoms with Crippen LogP contribution in [0.25, 0.3) is 0 Å². The van der Waals surface area contributed by atoms with E-state index in [1.807, 2.05) is 38.1 Å². The lowest BCUT2D eigenvalue weighted by molar-refractivity contribution is -0.127. The van der Waals surface area contributed by atoms with Gasteiger partial charge in [-0.3, -0.25) is 4.79 Å². The fourth-order valence-corrected chi connectivity index (χ4v) is 1.48. The van der Waals surface area contributed by atoms with Crippen molar-refractivity contribution in [2.24, 2.45) is 0 Å². The van der Waals surface area contributed by atoms with Crippen molar-refractivity contribution in [2.45, 2.75) is 26.5 Å². The largest absolute Gasteiger partial charge is 0.491 e. The Kier molecular flexibility index (Phi) is 5.65. The minimum absolute atomic E-state index is 0.0669. The fraction of sp³-hybridized carbons (Fsp3) is 0.500. The number of hydrogen-bond acceptors (Lipinski definition) is 3. The second-order valence-corrected chi connectivity index (χ2v) is 4.67. The number of nitrogens with one attached hydrogen (secondary N) is 1. The van der Waals surface area contributed by atoms with Gasteiger partial charge in [0.1, 0.15) is 5.75 Å². The number of hydrogen-bond donors (Lipinski definition) is 1. The molecule has 0 atom stereocenters.